The van der Waals surface area contributed by atoms with Gasteiger partial charge in [0.1, 0.15) is 0 Å². The summed E-state index contributed by atoms with van der Waals surface area (Å²) in [6, 6.07) is 14.3. The zero-order valence-corrected chi connectivity index (χ0v) is 13.2. The lowest BCUT2D eigenvalue weighted by atomic mass is 10.1. The van der Waals surface area contributed by atoms with Crippen LogP contribution in [-0.4, -0.2) is 42.9 Å². The van der Waals surface area contributed by atoms with E-state index in [-0.39, 0.29) is 24.9 Å². The summed E-state index contributed by atoms with van der Waals surface area (Å²) in [5.41, 5.74) is 0.923. The predicted octanol–water partition coefficient (Wildman–Crippen LogP) is 1.99. The van der Waals surface area contributed by atoms with Crippen LogP contribution in [0.25, 0.3) is 10.8 Å². The molecule has 0 heterocycles. The Balaban J connectivity index is 1.56. The van der Waals surface area contributed by atoms with E-state index in [1.165, 1.54) is 4.90 Å². The number of amides is 2. The number of rotatable bonds is 6. The molecule has 5 nitrogen and oxygen atoms in total. The van der Waals surface area contributed by atoms with Gasteiger partial charge in [-0.25, -0.2) is 0 Å². The van der Waals surface area contributed by atoms with Crippen molar-refractivity contribution in [3.05, 3.63) is 42.5 Å². The summed E-state index contributed by atoms with van der Waals surface area (Å²) in [7, 11) is 1.65. The topological polar surface area (TPSA) is 61.4 Å². The predicted molar refractivity (Wildman–Crippen MR) is 91.2 cm³/mol. The van der Waals surface area contributed by atoms with Gasteiger partial charge in [-0.3, -0.25) is 9.59 Å². The summed E-state index contributed by atoms with van der Waals surface area (Å²) in [4.78, 5) is 25.4. The van der Waals surface area contributed by atoms with Crippen LogP contribution < -0.4 is 10.6 Å². The Bertz CT molecular complexity index is 720. The Hall–Kier alpha value is -2.56. The lowest BCUT2D eigenvalue weighted by Gasteiger charge is -2.18. The lowest BCUT2D eigenvalue weighted by molar-refractivity contribution is -0.133. The largest absolute Gasteiger partial charge is 0.376 e. The molecule has 120 valence electrons. The molecule has 23 heavy (non-hydrogen) atoms. The third-order valence-corrected chi connectivity index (χ3v) is 3.97. The molecule has 1 aliphatic carbocycles. The van der Waals surface area contributed by atoms with Gasteiger partial charge in [0.15, 0.2) is 0 Å². The number of hydrogen-bond donors (Lipinski definition) is 2. The molecule has 0 aliphatic heterocycles. The van der Waals surface area contributed by atoms with E-state index in [2.05, 4.69) is 10.6 Å². The summed E-state index contributed by atoms with van der Waals surface area (Å²) < 4.78 is 0. The number of benzene rings is 2. The van der Waals surface area contributed by atoms with E-state index in [1.54, 1.807) is 7.05 Å². The molecule has 1 saturated carbocycles. The first-order valence-electron chi connectivity index (χ1n) is 7.88. The second-order valence-corrected chi connectivity index (χ2v) is 5.97. The molecule has 1 fully saturated rings. The Morgan fingerprint density at radius 2 is 1.87 bits per heavy atom. The van der Waals surface area contributed by atoms with Crippen LogP contribution in [0.5, 0.6) is 0 Å². The van der Waals surface area contributed by atoms with Crippen molar-refractivity contribution in [1.29, 1.82) is 0 Å². The number of carbonyl (C=O) groups excluding carboxylic acids is 2. The quantitative estimate of drug-likeness (QED) is 0.857. The summed E-state index contributed by atoms with van der Waals surface area (Å²) in [6.45, 7) is 0.272. The zero-order valence-electron chi connectivity index (χ0n) is 13.2. The van der Waals surface area contributed by atoms with E-state index < -0.39 is 0 Å². The number of nitrogens with one attached hydrogen (secondary N) is 2. The highest BCUT2D eigenvalue weighted by Crippen LogP contribution is 2.22. The number of hydrogen-bond acceptors (Lipinski definition) is 3. The Morgan fingerprint density at radius 1 is 1.13 bits per heavy atom. The minimum atomic E-state index is -0.108. The van der Waals surface area contributed by atoms with Crippen LogP contribution in [0.1, 0.15) is 12.8 Å². The van der Waals surface area contributed by atoms with Crippen molar-refractivity contribution in [3.8, 4) is 0 Å². The van der Waals surface area contributed by atoms with Gasteiger partial charge in [0.25, 0.3) is 0 Å². The van der Waals surface area contributed by atoms with Crippen LogP contribution in [0.3, 0.4) is 0 Å². The minimum Gasteiger partial charge on any atom is -0.376 e. The number of fused-ring (bicyclic) bond motifs is 1. The molecular weight excluding hydrogens is 290 g/mol. The molecule has 2 aromatic rings. The molecule has 0 unspecified atom stereocenters. The van der Waals surface area contributed by atoms with Crippen LogP contribution >= 0.6 is 0 Å². The van der Waals surface area contributed by atoms with Gasteiger partial charge in [0.2, 0.25) is 11.8 Å². The van der Waals surface area contributed by atoms with Crippen molar-refractivity contribution in [2.75, 3.05) is 25.5 Å². The molecule has 0 aromatic heterocycles. The molecule has 5 heteroatoms. The van der Waals surface area contributed by atoms with Gasteiger partial charge >= 0.3 is 0 Å². The molecule has 2 amide bonds. The van der Waals surface area contributed by atoms with Crippen LogP contribution in [0.4, 0.5) is 5.69 Å². The average molecular weight is 311 g/mol. The second-order valence-electron chi connectivity index (χ2n) is 5.97. The molecular formula is C18H21N3O2. The third-order valence-electron chi connectivity index (χ3n) is 3.97. The maximum atomic E-state index is 12.2. The SMILES string of the molecule is CN(CC(=O)NC1CC1)C(=O)CNc1cccc2ccccc12. The lowest BCUT2D eigenvalue weighted by Crippen LogP contribution is -2.41. The van der Waals surface area contributed by atoms with Crippen molar-refractivity contribution < 1.29 is 9.59 Å². The van der Waals surface area contributed by atoms with Crippen molar-refractivity contribution in [2.24, 2.45) is 0 Å². The van der Waals surface area contributed by atoms with Gasteiger partial charge in [-0.1, -0.05) is 36.4 Å². The number of anilines is 1. The monoisotopic (exact) mass is 311 g/mol. The van der Waals surface area contributed by atoms with Gasteiger partial charge < -0.3 is 15.5 Å². The molecule has 0 bridgehead atoms. The van der Waals surface area contributed by atoms with E-state index in [9.17, 15) is 9.59 Å². The van der Waals surface area contributed by atoms with Crippen molar-refractivity contribution >= 4 is 28.3 Å². The Kier molecular flexibility index (Phi) is 4.46. The van der Waals surface area contributed by atoms with Gasteiger partial charge in [0, 0.05) is 24.2 Å². The smallest absolute Gasteiger partial charge is 0.242 e. The summed E-state index contributed by atoms with van der Waals surface area (Å²) in [5, 5.41) is 8.26. The van der Waals surface area contributed by atoms with Crippen LogP contribution in [0.15, 0.2) is 42.5 Å². The first-order valence-corrected chi connectivity index (χ1v) is 7.88. The normalized spacial score (nSPS) is 13.6. The molecule has 2 aromatic carbocycles. The Labute approximate surface area is 135 Å². The zero-order chi connectivity index (χ0) is 16.2. The van der Waals surface area contributed by atoms with Crippen LogP contribution in [0.2, 0.25) is 0 Å². The fraction of sp³-hybridized carbons (Fsp3) is 0.333. The third kappa shape index (κ3) is 4.00. The summed E-state index contributed by atoms with van der Waals surface area (Å²) >= 11 is 0. The molecule has 0 atom stereocenters. The highest BCUT2D eigenvalue weighted by molar-refractivity contribution is 5.95. The Morgan fingerprint density at radius 3 is 2.65 bits per heavy atom. The molecule has 0 saturated heterocycles. The second kappa shape index (κ2) is 6.69. The van der Waals surface area contributed by atoms with Crippen LogP contribution in [0, 0.1) is 0 Å². The van der Waals surface area contributed by atoms with Crippen molar-refractivity contribution in [1.82, 2.24) is 10.2 Å². The highest BCUT2D eigenvalue weighted by atomic mass is 16.2. The van der Waals surface area contributed by atoms with Crippen molar-refractivity contribution in [3.63, 3.8) is 0 Å². The average Bonchev–Trinajstić information content (AvgIpc) is 3.36. The maximum Gasteiger partial charge on any atom is 0.242 e. The first-order chi connectivity index (χ1) is 11.1. The maximum absolute atomic E-state index is 12.2. The fourth-order valence-electron chi connectivity index (χ4n) is 2.49. The number of carbonyl (C=O) groups is 2. The van der Waals surface area contributed by atoms with E-state index in [0.29, 0.717) is 6.04 Å². The molecule has 0 radical (unpaired) electrons. The first kappa shape index (κ1) is 15.3. The van der Waals surface area contributed by atoms with Gasteiger partial charge in [-0.15, -0.1) is 0 Å². The van der Waals surface area contributed by atoms with E-state index in [4.69, 9.17) is 0 Å². The van der Waals surface area contributed by atoms with Crippen LogP contribution in [-0.2, 0) is 9.59 Å². The molecule has 2 N–H and O–H groups in total. The highest BCUT2D eigenvalue weighted by Gasteiger charge is 2.24. The number of likely N-dealkylation sites (N-methyl/N-ethyl adjacent to an activating group) is 1. The fourth-order valence-corrected chi connectivity index (χ4v) is 2.49. The minimum absolute atomic E-state index is 0.0893. The van der Waals surface area contributed by atoms with Gasteiger partial charge in [0.05, 0.1) is 13.1 Å². The van der Waals surface area contributed by atoms with Crippen molar-refractivity contribution in [2.45, 2.75) is 18.9 Å². The van der Waals surface area contributed by atoms with Gasteiger partial charge in [-0.2, -0.15) is 0 Å². The standard InChI is InChI=1S/C18H21N3O2/c1-21(12-17(22)20-14-9-10-14)18(23)11-19-16-8-4-6-13-5-2-3-7-15(13)16/h2-8,14,19H,9-12H2,1H3,(H,20,22). The van der Waals surface area contributed by atoms with E-state index >= 15 is 0 Å². The summed E-state index contributed by atoms with van der Waals surface area (Å²) in [5.74, 6) is -0.197. The molecule has 0 spiro atoms. The number of nitrogens with zero attached hydrogens (tertiary/aromatic N) is 1. The van der Waals surface area contributed by atoms with Gasteiger partial charge in [-0.05, 0) is 24.3 Å². The summed E-state index contributed by atoms with van der Waals surface area (Å²) in [6.07, 6.45) is 2.10. The van der Waals surface area contributed by atoms with E-state index in [0.717, 1.165) is 29.3 Å². The van der Waals surface area contributed by atoms with E-state index in [1.807, 2.05) is 42.5 Å². The molecule has 3 rings (SSSR count). The molecule has 1 aliphatic rings.